The van der Waals surface area contributed by atoms with Crippen molar-refractivity contribution in [1.82, 2.24) is 34.5 Å². The van der Waals surface area contributed by atoms with Crippen molar-refractivity contribution >= 4 is 34.1 Å². The first-order valence-corrected chi connectivity index (χ1v) is 17.6. The summed E-state index contributed by atoms with van der Waals surface area (Å²) in [5.74, 6) is 0.832. The summed E-state index contributed by atoms with van der Waals surface area (Å²) >= 11 is 0. The summed E-state index contributed by atoms with van der Waals surface area (Å²) in [5, 5.41) is 4.82. The van der Waals surface area contributed by atoms with Gasteiger partial charge >= 0.3 is 0 Å². The van der Waals surface area contributed by atoms with Gasteiger partial charge in [0, 0.05) is 98.7 Å². The molecule has 51 heavy (non-hydrogen) atoms. The molecule has 0 aliphatic carbocycles. The highest BCUT2D eigenvalue weighted by molar-refractivity contribution is 6.05. The van der Waals surface area contributed by atoms with Crippen molar-refractivity contribution in [2.45, 2.75) is 46.6 Å². The van der Waals surface area contributed by atoms with Crippen molar-refractivity contribution in [3.8, 4) is 16.9 Å². The van der Waals surface area contributed by atoms with Crippen LogP contribution in [0.2, 0.25) is 0 Å². The Kier molecular flexibility index (Phi) is 9.57. The number of pyridine rings is 2. The monoisotopic (exact) mass is 690 g/mol. The molecule has 2 aliphatic heterocycles. The van der Waals surface area contributed by atoms with Gasteiger partial charge in [0.15, 0.2) is 17.4 Å². The minimum atomic E-state index is -0.439. The summed E-state index contributed by atoms with van der Waals surface area (Å²) < 4.78 is 24.1. The highest BCUT2D eigenvalue weighted by Gasteiger charge is 2.29. The molecule has 0 atom stereocenters. The number of halogens is 1. The van der Waals surface area contributed by atoms with Crippen LogP contribution in [0.4, 0.5) is 10.2 Å². The van der Waals surface area contributed by atoms with Gasteiger partial charge < -0.3 is 24.4 Å². The van der Waals surface area contributed by atoms with E-state index in [0.29, 0.717) is 81.0 Å². The van der Waals surface area contributed by atoms with Gasteiger partial charge in [-0.3, -0.25) is 19.3 Å². The smallest absolute Gasteiger partial charge is 0.270 e. The topological polar surface area (TPSA) is 112 Å². The number of fused-ring (bicyclic) bond motifs is 1. The molecule has 0 radical (unpaired) electrons. The number of piperazine rings is 1. The normalized spacial score (nSPS) is 15.0. The van der Waals surface area contributed by atoms with Crippen LogP contribution in [0, 0.1) is 19.7 Å². The van der Waals surface area contributed by atoms with Gasteiger partial charge in [0.1, 0.15) is 5.69 Å². The second-order valence-corrected chi connectivity index (χ2v) is 13.2. The molecule has 0 bridgehead atoms. The van der Waals surface area contributed by atoms with Gasteiger partial charge in [-0.25, -0.2) is 9.37 Å². The standard InChI is InChI=1S/C39H43FN8O3/c1-5-27-20-26(3)41-23-32(27)30-21-29(28-8-6-13-47(24-28)35(49)11-15-48-14-7-12-42-48)36(40)37-31(30)22-33(44-37)39(50)46-18-16-45(17-19-46)38-34(51-4)10-9-25(2)43-38/h7-10,12,14,20-23,44H,5-6,11,13,15-19,24H2,1-4H3. The molecule has 264 valence electrons. The lowest BCUT2D eigenvalue weighted by Crippen LogP contribution is -2.49. The number of carbonyl (C=O) groups is 2. The van der Waals surface area contributed by atoms with E-state index in [0.717, 1.165) is 45.9 Å². The van der Waals surface area contributed by atoms with Gasteiger partial charge in [0.25, 0.3) is 5.91 Å². The number of ether oxygens (including phenoxy) is 1. The molecule has 2 amide bonds. The van der Waals surface area contributed by atoms with E-state index in [1.165, 1.54) is 0 Å². The number of nitrogens with one attached hydrogen (secondary N) is 1. The SMILES string of the molecule is CCc1cc(C)ncc1-c1cc(C2=CCCN(C(=O)CCn3cccn3)C2)c(F)c2[nH]c(C(=O)N3CCN(c4nc(C)ccc4OC)CC3)cc12. The summed E-state index contributed by atoms with van der Waals surface area (Å²) in [6.07, 6.45) is 9.07. The molecular weight excluding hydrogens is 647 g/mol. The molecule has 6 heterocycles. The Bertz CT molecular complexity index is 2110. The summed E-state index contributed by atoms with van der Waals surface area (Å²) in [7, 11) is 1.63. The molecule has 4 aromatic heterocycles. The number of hydrogen-bond acceptors (Lipinski definition) is 7. The van der Waals surface area contributed by atoms with E-state index in [-0.39, 0.29) is 17.3 Å². The first kappa shape index (κ1) is 34.0. The number of amides is 2. The fourth-order valence-corrected chi connectivity index (χ4v) is 7.14. The number of hydrogen-bond donors (Lipinski definition) is 1. The number of methoxy groups -OCH3 is 1. The van der Waals surface area contributed by atoms with Crippen molar-refractivity contribution < 1.29 is 18.7 Å². The number of benzene rings is 1. The predicted octanol–water partition coefficient (Wildman–Crippen LogP) is 5.82. The number of carbonyl (C=O) groups excluding carboxylic acids is 2. The molecule has 7 rings (SSSR count). The molecule has 0 spiro atoms. The number of nitrogens with zero attached hydrogens (tertiary/aromatic N) is 7. The Morgan fingerprint density at radius 3 is 2.55 bits per heavy atom. The first-order chi connectivity index (χ1) is 24.7. The Morgan fingerprint density at radius 2 is 1.80 bits per heavy atom. The van der Waals surface area contributed by atoms with Crippen LogP contribution < -0.4 is 9.64 Å². The lowest BCUT2D eigenvalue weighted by molar-refractivity contribution is -0.131. The van der Waals surface area contributed by atoms with Gasteiger partial charge in [-0.1, -0.05) is 13.0 Å². The molecule has 2 aliphatic rings. The highest BCUT2D eigenvalue weighted by atomic mass is 19.1. The summed E-state index contributed by atoms with van der Waals surface area (Å²) in [4.78, 5) is 45.4. The molecule has 0 saturated carbocycles. The lowest BCUT2D eigenvalue weighted by Gasteiger charge is -2.35. The van der Waals surface area contributed by atoms with Crippen LogP contribution in [-0.2, 0) is 17.8 Å². The molecule has 12 heteroatoms. The molecule has 5 aromatic rings. The van der Waals surface area contributed by atoms with Crippen LogP contribution in [0.1, 0.15) is 52.8 Å². The largest absolute Gasteiger partial charge is 0.493 e. The van der Waals surface area contributed by atoms with Crippen molar-refractivity contribution in [1.29, 1.82) is 0 Å². The van der Waals surface area contributed by atoms with Gasteiger partial charge in [0.2, 0.25) is 5.91 Å². The van der Waals surface area contributed by atoms with Crippen molar-refractivity contribution in [2.24, 2.45) is 0 Å². The van der Waals surface area contributed by atoms with E-state index in [1.807, 2.05) is 56.6 Å². The average molecular weight is 691 g/mol. The maximum absolute atomic E-state index is 16.8. The quantitative estimate of drug-likeness (QED) is 0.208. The van der Waals surface area contributed by atoms with E-state index in [4.69, 9.17) is 4.74 Å². The molecule has 11 nitrogen and oxygen atoms in total. The zero-order chi connectivity index (χ0) is 35.6. The fraction of sp³-hybridized carbons (Fsp3) is 0.359. The number of aromatic amines is 1. The molecule has 1 N–H and O–H groups in total. The highest BCUT2D eigenvalue weighted by Crippen LogP contribution is 2.38. The third-order valence-electron chi connectivity index (χ3n) is 9.91. The van der Waals surface area contributed by atoms with E-state index >= 15 is 4.39 Å². The third kappa shape index (κ3) is 6.82. The van der Waals surface area contributed by atoms with Crippen LogP contribution in [0.3, 0.4) is 0 Å². The molecule has 1 saturated heterocycles. The number of aryl methyl sites for hydroxylation is 4. The van der Waals surface area contributed by atoms with Crippen molar-refractivity contribution in [3.63, 3.8) is 0 Å². The fourth-order valence-electron chi connectivity index (χ4n) is 7.14. The Labute approximate surface area is 296 Å². The predicted molar refractivity (Wildman–Crippen MR) is 195 cm³/mol. The second-order valence-electron chi connectivity index (χ2n) is 13.2. The third-order valence-corrected chi connectivity index (χ3v) is 9.91. The average Bonchev–Trinajstić information content (AvgIpc) is 3.85. The Balaban J connectivity index is 1.20. The Morgan fingerprint density at radius 1 is 0.980 bits per heavy atom. The number of aromatic nitrogens is 5. The van der Waals surface area contributed by atoms with E-state index in [9.17, 15) is 9.59 Å². The zero-order valence-corrected chi connectivity index (χ0v) is 29.6. The molecule has 0 unspecified atom stereocenters. The summed E-state index contributed by atoms with van der Waals surface area (Å²) in [5.41, 5.74) is 6.32. The van der Waals surface area contributed by atoms with Crippen LogP contribution in [0.5, 0.6) is 5.75 Å². The molecule has 1 fully saturated rings. The maximum atomic E-state index is 16.8. The summed E-state index contributed by atoms with van der Waals surface area (Å²) in [6.45, 7) is 9.46. The van der Waals surface area contributed by atoms with E-state index < -0.39 is 5.82 Å². The Hall–Kier alpha value is -5.52. The second kappa shape index (κ2) is 14.4. The van der Waals surface area contributed by atoms with Crippen LogP contribution >= 0.6 is 0 Å². The van der Waals surface area contributed by atoms with Gasteiger partial charge in [-0.2, -0.15) is 5.10 Å². The minimum Gasteiger partial charge on any atom is -0.493 e. The zero-order valence-electron chi connectivity index (χ0n) is 29.6. The number of anilines is 1. The molecule has 1 aromatic carbocycles. The van der Waals surface area contributed by atoms with Gasteiger partial charge in [-0.15, -0.1) is 0 Å². The van der Waals surface area contributed by atoms with Crippen molar-refractivity contribution in [3.05, 3.63) is 95.1 Å². The first-order valence-electron chi connectivity index (χ1n) is 17.6. The summed E-state index contributed by atoms with van der Waals surface area (Å²) in [6, 6.07) is 11.4. The van der Waals surface area contributed by atoms with E-state index in [2.05, 4.69) is 37.9 Å². The van der Waals surface area contributed by atoms with E-state index in [1.54, 1.807) is 33.9 Å². The minimum absolute atomic E-state index is 0.00158. The number of rotatable bonds is 9. The van der Waals surface area contributed by atoms with Crippen LogP contribution in [0.25, 0.3) is 27.6 Å². The van der Waals surface area contributed by atoms with Gasteiger partial charge in [0.05, 0.1) is 12.6 Å². The van der Waals surface area contributed by atoms with Crippen LogP contribution in [-0.4, -0.2) is 92.7 Å². The molecular formula is C39H43FN8O3. The maximum Gasteiger partial charge on any atom is 0.270 e. The van der Waals surface area contributed by atoms with Crippen molar-refractivity contribution in [2.75, 3.05) is 51.3 Å². The lowest BCUT2D eigenvalue weighted by atomic mass is 9.91. The van der Waals surface area contributed by atoms with Gasteiger partial charge in [-0.05, 0) is 79.8 Å². The number of H-pyrrole nitrogens is 1. The van der Waals surface area contributed by atoms with Crippen LogP contribution in [0.15, 0.2) is 61.1 Å².